The summed E-state index contributed by atoms with van der Waals surface area (Å²) in [6.07, 6.45) is 4.83. The van der Waals surface area contributed by atoms with E-state index in [9.17, 15) is 13.8 Å². The van der Waals surface area contributed by atoms with Gasteiger partial charge < -0.3 is 15.2 Å². The Morgan fingerprint density at radius 2 is 1.69 bits per heavy atom. The van der Waals surface area contributed by atoms with Gasteiger partial charge in [0.1, 0.15) is 12.0 Å². The maximum atomic E-state index is 13.2. The van der Waals surface area contributed by atoms with Crippen LogP contribution in [0.5, 0.6) is 0 Å². The number of carbonyl (C=O) groups excluding carboxylic acids is 2. The van der Waals surface area contributed by atoms with Gasteiger partial charge in [-0.05, 0) is 53.1 Å². The number of rotatable bonds is 6. The van der Waals surface area contributed by atoms with Gasteiger partial charge in [0, 0.05) is 24.6 Å². The largest absolute Gasteiger partial charge is 0.350 e. The highest BCUT2D eigenvalue weighted by molar-refractivity contribution is 7.84. The highest BCUT2D eigenvalue weighted by Gasteiger charge is 2.19. The van der Waals surface area contributed by atoms with Crippen LogP contribution in [0.3, 0.4) is 0 Å². The average molecular weight is 509 g/mol. The van der Waals surface area contributed by atoms with Crippen LogP contribution < -0.4 is 10.6 Å². The molecule has 8 heteroatoms. The molecule has 3 rings (SSSR count). The quantitative estimate of drug-likeness (QED) is 0.476. The molecule has 0 bridgehead atoms. The van der Waals surface area contributed by atoms with Crippen molar-refractivity contribution in [3.8, 4) is 5.69 Å². The molecule has 0 radical (unpaired) electrons. The number of amides is 2. The van der Waals surface area contributed by atoms with Crippen molar-refractivity contribution in [3.05, 3.63) is 71.3 Å². The second-order valence-corrected chi connectivity index (χ2v) is 12.6. The number of imidazole rings is 1. The van der Waals surface area contributed by atoms with Crippen molar-refractivity contribution in [1.29, 1.82) is 0 Å². The molecule has 0 aliphatic carbocycles. The fourth-order valence-corrected chi connectivity index (χ4v) is 4.26. The second-order valence-electron chi connectivity index (χ2n) is 11.3. The third-order valence-electron chi connectivity index (χ3n) is 5.75. The van der Waals surface area contributed by atoms with Crippen molar-refractivity contribution >= 4 is 28.3 Å². The predicted molar refractivity (Wildman–Crippen MR) is 146 cm³/mol. The molecule has 192 valence electrons. The van der Waals surface area contributed by atoms with Crippen LogP contribution in [0.1, 0.15) is 73.5 Å². The average Bonchev–Trinajstić information content (AvgIpc) is 3.26. The Hall–Kier alpha value is -3.26. The second kappa shape index (κ2) is 10.4. The number of hydrogen-bond donors (Lipinski definition) is 2. The van der Waals surface area contributed by atoms with Gasteiger partial charge in [-0.2, -0.15) is 0 Å². The van der Waals surface area contributed by atoms with Gasteiger partial charge in [-0.1, -0.05) is 53.7 Å². The molecule has 0 saturated carbocycles. The fourth-order valence-electron chi connectivity index (χ4n) is 3.58. The number of nitrogens with zero attached hydrogens (tertiary/aromatic N) is 2. The first kappa shape index (κ1) is 27.3. The van der Waals surface area contributed by atoms with E-state index in [-0.39, 0.29) is 22.6 Å². The molecule has 3 aromatic rings. The first-order valence-corrected chi connectivity index (χ1v) is 13.4. The molecule has 1 atom stereocenters. The summed E-state index contributed by atoms with van der Waals surface area (Å²) in [5.41, 5.74) is 3.83. The highest BCUT2D eigenvalue weighted by atomic mass is 32.2. The van der Waals surface area contributed by atoms with E-state index >= 15 is 0 Å². The molecule has 0 fully saturated rings. The molecule has 36 heavy (non-hydrogen) atoms. The molecule has 0 aliphatic rings. The van der Waals surface area contributed by atoms with E-state index in [2.05, 4.69) is 36.4 Å². The number of nitrogens with one attached hydrogen (secondary N) is 2. The smallest absolute Gasteiger partial charge is 0.271 e. The van der Waals surface area contributed by atoms with Crippen LogP contribution in [0.25, 0.3) is 5.69 Å². The van der Waals surface area contributed by atoms with Gasteiger partial charge in [-0.15, -0.1) is 0 Å². The summed E-state index contributed by atoms with van der Waals surface area (Å²) in [5, 5.41) is 5.85. The fraction of sp³-hybridized carbons (Fsp3) is 0.393. The van der Waals surface area contributed by atoms with Crippen LogP contribution in [0.4, 0.5) is 5.69 Å². The van der Waals surface area contributed by atoms with Gasteiger partial charge in [0.05, 0.1) is 27.1 Å². The van der Waals surface area contributed by atoms with E-state index in [0.29, 0.717) is 28.4 Å². The molecule has 0 saturated heterocycles. The Balaban J connectivity index is 1.88. The Morgan fingerprint density at radius 1 is 1.00 bits per heavy atom. The summed E-state index contributed by atoms with van der Waals surface area (Å²) in [4.78, 5) is 30.6. The first-order chi connectivity index (χ1) is 16.7. The molecule has 2 amide bonds. The summed E-state index contributed by atoms with van der Waals surface area (Å²) in [5.74, 6) is -0.550. The number of benzene rings is 2. The van der Waals surface area contributed by atoms with E-state index in [4.69, 9.17) is 0 Å². The molecule has 0 aliphatic heterocycles. The summed E-state index contributed by atoms with van der Waals surface area (Å²) in [6, 6.07) is 11.0. The number of hydrogen-bond acceptors (Lipinski definition) is 4. The zero-order chi connectivity index (χ0) is 26.8. The summed E-state index contributed by atoms with van der Waals surface area (Å²) in [7, 11) is -1.26. The molecule has 1 heterocycles. The predicted octanol–water partition coefficient (Wildman–Crippen LogP) is 5.24. The minimum Gasteiger partial charge on any atom is -0.350 e. The van der Waals surface area contributed by atoms with Crippen LogP contribution in [0.15, 0.2) is 53.8 Å². The maximum absolute atomic E-state index is 13.2. The third kappa shape index (κ3) is 6.69. The highest BCUT2D eigenvalue weighted by Crippen LogP contribution is 2.29. The van der Waals surface area contributed by atoms with Crippen molar-refractivity contribution in [1.82, 2.24) is 14.9 Å². The Bertz CT molecular complexity index is 1310. The van der Waals surface area contributed by atoms with Crippen LogP contribution in [0, 0.1) is 12.3 Å². The topological polar surface area (TPSA) is 93.1 Å². The Kier molecular flexibility index (Phi) is 7.88. The minimum absolute atomic E-state index is 0.0346. The summed E-state index contributed by atoms with van der Waals surface area (Å²) in [6.45, 7) is 14.9. The van der Waals surface area contributed by atoms with Crippen LogP contribution in [-0.4, -0.2) is 38.4 Å². The first-order valence-electron chi connectivity index (χ1n) is 11.9. The lowest BCUT2D eigenvalue weighted by molar-refractivity contribution is 0.0934. The minimum atomic E-state index is -1.26. The monoisotopic (exact) mass is 508 g/mol. The Morgan fingerprint density at radius 3 is 2.31 bits per heavy atom. The molecular formula is C28H36N4O3S. The van der Waals surface area contributed by atoms with Gasteiger partial charge in [0.2, 0.25) is 0 Å². The van der Waals surface area contributed by atoms with E-state index in [1.54, 1.807) is 35.5 Å². The van der Waals surface area contributed by atoms with Crippen molar-refractivity contribution in [2.75, 3.05) is 18.1 Å². The molecule has 1 unspecified atom stereocenters. The molecule has 1 aromatic heterocycles. The lowest BCUT2D eigenvalue weighted by atomic mass is 9.87. The molecule has 2 N–H and O–H groups in total. The number of anilines is 1. The lowest BCUT2D eigenvalue weighted by Gasteiger charge is -2.21. The van der Waals surface area contributed by atoms with Gasteiger partial charge >= 0.3 is 0 Å². The molecule has 0 spiro atoms. The van der Waals surface area contributed by atoms with Gasteiger partial charge in [-0.25, -0.2) is 4.98 Å². The summed E-state index contributed by atoms with van der Waals surface area (Å²) >= 11 is 0. The summed E-state index contributed by atoms with van der Waals surface area (Å²) < 4.78 is 14.0. The van der Waals surface area contributed by atoms with Crippen LogP contribution in [-0.2, 0) is 16.2 Å². The van der Waals surface area contributed by atoms with Crippen molar-refractivity contribution in [2.24, 2.45) is 5.41 Å². The Labute approximate surface area is 216 Å². The van der Waals surface area contributed by atoms with Crippen LogP contribution in [0.2, 0.25) is 0 Å². The molecule has 2 aromatic carbocycles. The van der Waals surface area contributed by atoms with Crippen molar-refractivity contribution in [2.45, 2.75) is 58.8 Å². The SMILES string of the molecule is Cc1ccc(C(=O)Nc2cc(C(C)(C)C)ccc2S(C)=O)cc1-n1cnc(C(=O)NCC(C)(C)C)c1. The van der Waals surface area contributed by atoms with Crippen LogP contribution >= 0.6 is 0 Å². The maximum Gasteiger partial charge on any atom is 0.271 e. The van der Waals surface area contributed by atoms with Gasteiger partial charge in [-0.3, -0.25) is 13.8 Å². The zero-order valence-corrected chi connectivity index (χ0v) is 23.2. The zero-order valence-electron chi connectivity index (χ0n) is 22.4. The van der Waals surface area contributed by atoms with Crippen molar-refractivity contribution < 1.29 is 13.8 Å². The van der Waals surface area contributed by atoms with Gasteiger partial charge in [0.15, 0.2) is 0 Å². The van der Waals surface area contributed by atoms with Gasteiger partial charge in [0.25, 0.3) is 11.8 Å². The third-order valence-corrected chi connectivity index (χ3v) is 6.72. The molecular weight excluding hydrogens is 472 g/mol. The van der Waals surface area contributed by atoms with E-state index < -0.39 is 10.8 Å². The standard InChI is InChI=1S/C28H36N4O3S/c1-18-9-10-19(13-23(18)32-15-22(30-17-32)26(34)29-16-27(2,3)4)25(33)31-21-14-20(28(5,6)7)11-12-24(21)36(8)35/h9-15,17H,16H2,1-8H3,(H,29,34)(H,31,33). The van der Waals surface area contributed by atoms with Crippen molar-refractivity contribution in [3.63, 3.8) is 0 Å². The molecule has 7 nitrogen and oxygen atoms in total. The lowest BCUT2D eigenvalue weighted by Crippen LogP contribution is -2.32. The van der Waals surface area contributed by atoms with E-state index in [1.165, 1.54) is 0 Å². The number of aryl methyl sites for hydroxylation is 1. The van der Waals surface area contributed by atoms with E-state index in [1.807, 2.05) is 52.0 Å². The van der Waals surface area contributed by atoms with E-state index in [0.717, 1.165) is 16.8 Å². The normalized spacial score (nSPS) is 12.8. The number of carbonyl (C=O) groups is 2. The number of aromatic nitrogens is 2.